The molecule has 27 heavy (non-hydrogen) atoms. The van der Waals surface area contributed by atoms with Gasteiger partial charge in [0.1, 0.15) is 6.09 Å². The van der Waals surface area contributed by atoms with Gasteiger partial charge in [0.05, 0.1) is 17.7 Å². The van der Waals surface area contributed by atoms with Gasteiger partial charge < -0.3 is 25.6 Å². The van der Waals surface area contributed by atoms with E-state index in [4.69, 9.17) is 0 Å². The Balaban J connectivity index is 1.97. The van der Waals surface area contributed by atoms with Crippen LogP contribution in [-0.4, -0.2) is 29.9 Å². The van der Waals surface area contributed by atoms with Gasteiger partial charge in [-0.2, -0.15) is 13.2 Å². The molecule has 0 saturated heterocycles. The second-order valence-electron chi connectivity index (χ2n) is 6.08. The standard InChI is InChI=1S/C19H21F3N2O3/c20-19(21,22)15-9-5-4-8-14(15)11-23-12-17(25)16(24-18(26)27)10-13-6-2-1-3-7-13/h1-9,16-17,23-25H,10-12H2,(H,26,27)/p-1. The van der Waals surface area contributed by atoms with E-state index in [9.17, 15) is 28.2 Å². The number of nitrogens with one attached hydrogen (secondary N) is 2. The summed E-state index contributed by atoms with van der Waals surface area (Å²) in [5, 5.41) is 26.1. The highest BCUT2D eigenvalue weighted by atomic mass is 19.4. The predicted molar refractivity (Wildman–Crippen MR) is 91.6 cm³/mol. The topological polar surface area (TPSA) is 84.4 Å². The van der Waals surface area contributed by atoms with Crippen molar-refractivity contribution in [2.75, 3.05) is 6.54 Å². The second kappa shape index (κ2) is 9.38. The molecule has 0 aliphatic heterocycles. The number of aliphatic hydroxyl groups excluding tert-OH is 1. The molecule has 0 spiro atoms. The van der Waals surface area contributed by atoms with Gasteiger partial charge in [-0.25, -0.2) is 0 Å². The smallest absolute Gasteiger partial charge is 0.416 e. The fourth-order valence-electron chi connectivity index (χ4n) is 2.75. The number of aliphatic hydroxyl groups is 1. The summed E-state index contributed by atoms with van der Waals surface area (Å²) < 4.78 is 39.0. The maximum Gasteiger partial charge on any atom is 0.416 e. The fraction of sp³-hybridized carbons (Fsp3) is 0.316. The van der Waals surface area contributed by atoms with E-state index in [0.717, 1.165) is 11.6 Å². The monoisotopic (exact) mass is 381 g/mol. The molecule has 3 N–H and O–H groups in total. The average molecular weight is 381 g/mol. The summed E-state index contributed by atoms with van der Waals surface area (Å²) in [6.07, 6.45) is -6.93. The number of carbonyl (C=O) groups excluding carboxylic acids is 1. The summed E-state index contributed by atoms with van der Waals surface area (Å²) in [6.45, 7) is -0.208. The lowest BCUT2D eigenvalue weighted by molar-refractivity contribution is -0.252. The molecule has 2 rings (SSSR count). The highest BCUT2D eigenvalue weighted by molar-refractivity contribution is 5.62. The third kappa shape index (κ3) is 6.58. The molecule has 146 valence electrons. The molecule has 2 atom stereocenters. The molecule has 0 heterocycles. The number of alkyl halides is 3. The molecule has 8 heteroatoms. The van der Waals surface area contributed by atoms with Crippen molar-refractivity contribution in [3.05, 3.63) is 71.3 Å². The minimum absolute atomic E-state index is 0.0460. The van der Waals surface area contributed by atoms with Crippen LogP contribution in [0.4, 0.5) is 18.0 Å². The molecule has 2 aromatic carbocycles. The Hall–Kier alpha value is -2.58. The number of halogens is 3. The summed E-state index contributed by atoms with van der Waals surface area (Å²) in [5.41, 5.74) is 0.100. The van der Waals surface area contributed by atoms with E-state index in [2.05, 4.69) is 10.6 Å². The van der Waals surface area contributed by atoms with Crippen molar-refractivity contribution < 1.29 is 28.2 Å². The number of carbonyl (C=O) groups is 1. The zero-order chi connectivity index (χ0) is 19.9. The Labute approximate surface area is 154 Å². The van der Waals surface area contributed by atoms with E-state index >= 15 is 0 Å². The first-order valence-electron chi connectivity index (χ1n) is 8.32. The number of hydrogen-bond acceptors (Lipinski definition) is 4. The maximum absolute atomic E-state index is 13.0. The Kier molecular flexibility index (Phi) is 7.20. The normalized spacial score (nSPS) is 13.8. The Morgan fingerprint density at radius 2 is 1.70 bits per heavy atom. The highest BCUT2D eigenvalue weighted by Crippen LogP contribution is 2.31. The lowest BCUT2D eigenvalue weighted by Crippen LogP contribution is -2.52. The van der Waals surface area contributed by atoms with E-state index in [1.54, 1.807) is 30.3 Å². The summed E-state index contributed by atoms with van der Waals surface area (Å²) in [7, 11) is 0. The minimum atomic E-state index is -4.47. The van der Waals surface area contributed by atoms with Crippen molar-refractivity contribution in [1.82, 2.24) is 10.6 Å². The molecule has 5 nitrogen and oxygen atoms in total. The highest BCUT2D eigenvalue weighted by Gasteiger charge is 2.32. The third-order valence-corrected chi connectivity index (χ3v) is 4.06. The molecule has 0 aromatic heterocycles. The van der Waals surface area contributed by atoms with Gasteiger partial charge in [0.2, 0.25) is 0 Å². The molecule has 2 aromatic rings. The molecule has 0 fully saturated rings. The largest absolute Gasteiger partial charge is 0.530 e. The van der Waals surface area contributed by atoms with Crippen molar-refractivity contribution in [2.45, 2.75) is 31.3 Å². The molecule has 0 aliphatic carbocycles. The van der Waals surface area contributed by atoms with Crippen LogP contribution in [0.5, 0.6) is 0 Å². The van der Waals surface area contributed by atoms with E-state index < -0.39 is 30.0 Å². The molecule has 0 aliphatic rings. The number of hydrogen-bond donors (Lipinski definition) is 3. The van der Waals surface area contributed by atoms with Gasteiger partial charge in [-0.15, -0.1) is 0 Å². The first-order chi connectivity index (χ1) is 12.8. The zero-order valence-corrected chi connectivity index (χ0v) is 14.4. The van der Waals surface area contributed by atoms with Crippen LogP contribution >= 0.6 is 0 Å². The number of amides is 1. The van der Waals surface area contributed by atoms with Gasteiger partial charge in [0.25, 0.3) is 0 Å². The van der Waals surface area contributed by atoms with E-state index in [-0.39, 0.29) is 25.1 Å². The van der Waals surface area contributed by atoms with Gasteiger partial charge >= 0.3 is 6.18 Å². The zero-order valence-electron chi connectivity index (χ0n) is 14.4. The summed E-state index contributed by atoms with van der Waals surface area (Å²) in [5.74, 6) is 0. The van der Waals surface area contributed by atoms with Crippen LogP contribution in [0.3, 0.4) is 0 Å². The first-order valence-corrected chi connectivity index (χ1v) is 8.32. The van der Waals surface area contributed by atoms with Crippen LogP contribution in [0.25, 0.3) is 0 Å². The van der Waals surface area contributed by atoms with Crippen molar-refractivity contribution in [3.63, 3.8) is 0 Å². The van der Waals surface area contributed by atoms with Gasteiger partial charge in [0, 0.05) is 13.1 Å². The molecule has 0 saturated carbocycles. The molecular formula is C19H20F3N2O3-. The minimum Gasteiger partial charge on any atom is -0.530 e. The van der Waals surface area contributed by atoms with Crippen LogP contribution in [0.2, 0.25) is 0 Å². The Bertz CT molecular complexity index is 738. The van der Waals surface area contributed by atoms with Crippen LogP contribution in [0.1, 0.15) is 16.7 Å². The summed E-state index contributed by atoms with van der Waals surface area (Å²) in [6, 6.07) is 13.2. The summed E-state index contributed by atoms with van der Waals surface area (Å²) in [4.78, 5) is 10.9. The van der Waals surface area contributed by atoms with Gasteiger partial charge in [-0.05, 0) is 23.6 Å². The van der Waals surface area contributed by atoms with Crippen molar-refractivity contribution in [1.29, 1.82) is 0 Å². The number of carboxylic acid groups (broad SMARTS) is 1. The predicted octanol–water partition coefficient (Wildman–Crippen LogP) is 1.70. The summed E-state index contributed by atoms with van der Waals surface area (Å²) >= 11 is 0. The van der Waals surface area contributed by atoms with E-state index in [1.165, 1.54) is 18.2 Å². The van der Waals surface area contributed by atoms with E-state index in [0.29, 0.717) is 0 Å². The Morgan fingerprint density at radius 1 is 1.07 bits per heavy atom. The van der Waals surface area contributed by atoms with Gasteiger partial charge in [-0.1, -0.05) is 48.5 Å². The average Bonchev–Trinajstić information content (AvgIpc) is 2.61. The lowest BCUT2D eigenvalue weighted by atomic mass is 10.0. The molecule has 0 radical (unpaired) electrons. The maximum atomic E-state index is 13.0. The number of benzene rings is 2. The van der Waals surface area contributed by atoms with Crippen molar-refractivity contribution in [2.24, 2.45) is 0 Å². The Morgan fingerprint density at radius 3 is 2.33 bits per heavy atom. The van der Waals surface area contributed by atoms with Crippen LogP contribution in [0.15, 0.2) is 54.6 Å². The second-order valence-corrected chi connectivity index (χ2v) is 6.08. The third-order valence-electron chi connectivity index (χ3n) is 4.06. The fourth-order valence-corrected chi connectivity index (χ4v) is 2.75. The van der Waals surface area contributed by atoms with Crippen LogP contribution in [-0.2, 0) is 19.1 Å². The molecular weight excluding hydrogens is 361 g/mol. The van der Waals surface area contributed by atoms with Gasteiger partial charge in [-0.3, -0.25) is 0 Å². The molecule has 2 unspecified atom stereocenters. The molecule has 1 amide bonds. The van der Waals surface area contributed by atoms with Crippen molar-refractivity contribution in [3.8, 4) is 0 Å². The molecule has 0 bridgehead atoms. The lowest BCUT2D eigenvalue weighted by Gasteiger charge is -2.26. The van der Waals surface area contributed by atoms with Crippen LogP contribution in [0, 0.1) is 0 Å². The number of rotatable bonds is 8. The van der Waals surface area contributed by atoms with E-state index in [1.807, 2.05) is 0 Å². The SMILES string of the molecule is O=C([O-])NC(Cc1ccccc1)C(O)CNCc1ccccc1C(F)(F)F. The quantitative estimate of drug-likeness (QED) is 0.650. The van der Waals surface area contributed by atoms with Crippen molar-refractivity contribution >= 4 is 6.09 Å². The van der Waals surface area contributed by atoms with Gasteiger partial charge in [0.15, 0.2) is 0 Å². The first kappa shape index (κ1) is 20.7. The van der Waals surface area contributed by atoms with Crippen LogP contribution < -0.4 is 15.7 Å².